The predicted molar refractivity (Wildman–Crippen MR) is 146 cm³/mol. The van der Waals surface area contributed by atoms with Crippen LogP contribution in [0.1, 0.15) is 30.8 Å². The fourth-order valence-corrected chi connectivity index (χ4v) is 4.28. The van der Waals surface area contributed by atoms with E-state index in [1.54, 1.807) is 15.5 Å². The summed E-state index contributed by atoms with van der Waals surface area (Å²) in [7, 11) is 3.95. The first-order valence-corrected chi connectivity index (χ1v) is 12.2. The van der Waals surface area contributed by atoms with Crippen molar-refractivity contribution in [2.45, 2.75) is 26.3 Å². The van der Waals surface area contributed by atoms with Crippen LogP contribution in [0.3, 0.4) is 0 Å². The molecule has 0 fully saturated rings. The zero-order valence-corrected chi connectivity index (χ0v) is 21.3. The topological polar surface area (TPSA) is 70.5 Å². The van der Waals surface area contributed by atoms with Gasteiger partial charge in [0.05, 0.1) is 22.6 Å². The van der Waals surface area contributed by atoms with Crippen LogP contribution >= 0.6 is 0 Å². The van der Waals surface area contributed by atoms with Crippen LogP contribution in [0.5, 0.6) is 0 Å². The molecule has 1 unspecified atom stereocenters. The molecule has 1 aromatic heterocycles. The fourth-order valence-electron chi connectivity index (χ4n) is 4.28. The first-order chi connectivity index (χ1) is 17.4. The number of benzene rings is 3. The Hall–Kier alpha value is -3.97. The van der Waals surface area contributed by atoms with E-state index in [1.165, 1.54) is 0 Å². The van der Waals surface area contributed by atoms with Gasteiger partial charge in [0, 0.05) is 18.8 Å². The van der Waals surface area contributed by atoms with Crippen molar-refractivity contribution in [1.82, 2.24) is 19.4 Å². The highest BCUT2D eigenvalue weighted by molar-refractivity contribution is 5.89. The van der Waals surface area contributed by atoms with Gasteiger partial charge in [0.1, 0.15) is 5.82 Å². The number of carbonyl (C=O) groups excluding carboxylic acids is 1. The molecule has 0 aliphatic rings. The number of likely N-dealkylation sites (N-methyl/N-ethyl adjacent to an activating group) is 1. The monoisotopic (exact) mass is 483 g/mol. The van der Waals surface area contributed by atoms with Crippen LogP contribution in [0.15, 0.2) is 83.7 Å². The number of hydrogen-bond donors (Lipinski definition) is 1. The van der Waals surface area contributed by atoms with Gasteiger partial charge >= 0.3 is 6.03 Å². The average Bonchev–Trinajstić information content (AvgIpc) is 2.88. The van der Waals surface area contributed by atoms with Gasteiger partial charge in [0.25, 0.3) is 5.56 Å². The smallest absolute Gasteiger partial charge is 0.313 e. The van der Waals surface area contributed by atoms with Gasteiger partial charge in [0.2, 0.25) is 0 Å². The van der Waals surface area contributed by atoms with Crippen molar-refractivity contribution in [3.8, 4) is 5.69 Å². The van der Waals surface area contributed by atoms with E-state index in [-0.39, 0.29) is 11.6 Å². The predicted octanol–water partition coefficient (Wildman–Crippen LogP) is 5.24. The summed E-state index contributed by atoms with van der Waals surface area (Å²) in [5.41, 5.74) is 3.04. The Labute approximate surface area is 212 Å². The van der Waals surface area contributed by atoms with Gasteiger partial charge in [-0.15, -0.1) is 0 Å². The normalized spacial score (nSPS) is 12.0. The minimum absolute atomic E-state index is 0.147. The second-order valence-electron chi connectivity index (χ2n) is 9.18. The summed E-state index contributed by atoms with van der Waals surface area (Å²) < 4.78 is 1.65. The maximum Gasteiger partial charge on any atom is 0.322 e. The van der Waals surface area contributed by atoms with Crippen molar-refractivity contribution < 1.29 is 4.79 Å². The van der Waals surface area contributed by atoms with E-state index in [9.17, 15) is 9.59 Å². The number of urea groups is 1. The molecular weight excluding hydrogens is 450 g/mol. The molecule has 1 heterocycles. The summed E-state index contributed by atoms with van der Waals surface area (Å²) in [4.78, 5) is 36.2. The van der Waals surface area contributed by atoms with Crippen LogP contribution < -0.4 is 10.9 Å². The lowest BCUT2D eigenvalue weighted by Gasteiger charge is -2.33. The van der Waals surface area contributed by atoms with E-state index < -0.39 is 6.04 Å². The van der Waals surface area contributed by atoms with Crippen molar-refractivity contribution >= 4 is 22.6 Å². The second kappa shape index (κ2) is 11.2. The Kier molecular flexibility index (Phi) is 7.80. The summed E-state index contributed by atoms with van der Waals surface area (Å²) >= 11 is 0. The van der Waals surface area contributed by atoms with Crippen molar-refractivity contribution in [2.24, 2.45) is 0 Å². The first-order valence-electron chi connectivity index (χ1n) is 12.2. The van der Waals surface area contributed by atoms with E-state index in [1.807, 2.05) is 106 Å². The molecule has 7 nitrogen and oxygen atoms in total. The van der Waals surface area contributed by atoms with Gasteiger partial charge in [-0.3, -0.25) is 9.36 Å². The largest absolute Gasteiger partial charge is 0.322 e. The highest BCUT2D eigenvalue weighted by Gasteiger charge is 2.29. The molecule has 0 aliphatic carbocycles. The Bertz CT molecular complexity index is 1380. The van der Waals surface area contributed by atoms with Crippen molar-refractivity contribution in [3.05, 3.63) is 101 Å². The van der Waals surface area contributed by atoms with E-state index >= 15 is 0 Å². The number of rotatable bonds is 8. The molecule has 7 heteroatoms. The van der Waals surface area contributed by atoms with E-state index in [0.29, 0.717) is 36.2 Å². The molecule has 0 bridgehead atoms. The highest BCUT2D eigenvalue weighted by Crippen LogP contribution is 2.27. The summed E-state index contributed by atoms with van der Waals surface area (Å²) in [5, 5.41) is 3.59. The second-order valence-corrected chi connectivity index (χ2v) is 9.18. The van der Waals surface area contributed by atoms with Crippen molar-refractivity contribution in [3.63, 3.8) is 0 Å². The van der Waals surface area contributed by atoms with Crippen LogP contribution in [0, 0.1) is 6.92 Å². The minimum Gasteiger partial charge on any atom is -0.313 e. The van der Waals surface area contributed by atoms with Gasteiger partial charge in [-0.2, -0.15) is 0 Å². The molecule has 0 aliphatic heterocycles. The molecule has 186 valence electrons. The van der Waals surface area contributed by atoms with Gasteiger partial charge < -0.3 is 15.1 Å². The number of amides is 2. The van der Waals surface area contributed by atoms with Gasteiger partial charge in [-0.25, -0.2) is 9.78 Å². The average molecular weight is 484 g/mol. The number of para-hydroxylation sites is 2. The fraction of sp³-hybridized carbons (Fsp3) is 0.276. The number of fused-ring (bicyclic) bond motifs is 1. The Morgan fingerprint density at radius 1 is 0.944 bits per heavy atom. The van der Waals surface area contributed by atoms with Crippen LogP contribution in [-0.4, -0.2) is 52.6 Å². The maximum absolute atomic E-state index is 13.7. The molecule has 0 saturated carbocycles. The van der Waals surface area contributed by atoms with E-state index in [2.05, 4.69) is 5.32 Å². The lowest BCUT2D eigenvalue weighted by Crippen LogP contribution is -2.43. The SMILES string of the molecule is CCC(c1nc2ccccc2c(=O)n1-c1ccccc1)N(CCN(C)C)C(=O)Nc1ccc(C)cc1. The quantitative estimate of drug-likeness (QED) is 0.372. The molecule has 2 amide bonds. The number of hydrogen-bond acceptors (Lipinski definition) is 4. The molecule has 1 atom stereocenters. The molecule has 0 spiro atoms. The van der Waals surface area contributed by atoms with Gasteiger partial charge in [-0.1, -0.05) is 55.0 Å². The third-order valence-electron chi connectivity index (χ3n) is 6.23. The zero-order chi connectivity index (χ0) is 25.7. The van der Waals surface area contributed by atoms with Crippen LogP contribution in [0.25, 0.3) is 16.6 Å². The molecule has 1 N–H and O–H groups in total. The number of nitrogens with zero attached hydrogens (tertiary/aromatic N) is 4. The maximum atomic E-state index is 13.7. The summed E-state index contributed by atoms with van der Waals surface area (Å²) in [6.07, 6.45) is 0.590. The molecule has 36 heavy (non-hydrogen) atoms. The van der Waals surface area contributed by atoms with Gasteiger partial charge in [0.15, 0.2) is 0 Å². The summed E-state index contributed by atoms with van der Waals surface area (Å²) in [6.45, 7) is 5.17. The summed E-state index contributed by atoms with van der Waals surface area (Å²) in [6, 6.07) is 23.9. The zero-order valence-electron chi connectivity index (χ0n) is 21.3. The molecule has 0 radical (unpaired) electrons. The highest BCUT2D eigenvalue weighted by atomic mass is 16.2. The Morgan fingerprint density at radius 2 is 1.61 bits per heavy atom. The molecule has 4 aromatic rings. The Balaban J connectivity index is 1.84. The third kappa shape index (κ3) is 5.47. The van der Waals surface area contributed by atoms with Crippen molar-refractivity contribution in [1.29, 1.82) is 0 Å². The number of anilines is 1. The molecule has 3 aromatic carbocycles. The molecule has 0 saturated heterocycles. The van der Waals surface area contributed by atoms with Crippen LogP contribution in [0.2, 0.25) is 0 Å². The molecule has 4 rings (SSSR count). The van der Waals surface area contributed by atoms with Gasteiger partial charge in [-0.05, 0) is 63.8 Å². The van der Waals surface area contributed by atoms with E-state index in [4.69, 9.17) is 4.98 Å². The first kappa shape index (κ1) is 25.1. The summed E-state index contributed by atoms with van der Waals surface area (Å²) in [5.74, 6) is 0.546. The van der Waals surface area contributed by atoms with E-state index in [0.717, 1.165) is 16.9 Å². The number of carbonyl (C=O) groups is 1. The van der Waals surface area contributed by atoms with Crippen molar-refractivity contribution in [2.75, 3.05) is 32.5 Å². The van der Waals surface area contributed by atoms with Crippen LogP contribution in [0.4, 0.5) is 10.5 Å². The lowest BCUT2D eigenvalue weighted by atomic mass is 10.1. The number of aryl methyl sites for hydroxylation is 1. The van der Waals surface area contributed by atoms with Crippen LogP contribution in [-0.2, 0) is 0 Å². The standard InChI is InChI=1S/C29H33N5O2/c1-5-26(33(20-19-32(3)4)29(36)30-22-17-15-21(2)16-18-22)27-31-25-14-10-9-13-24(25)28(35)34(27)23-11-7-6-8-12-23/h6-18,26H,5,19-20H2,1-4H3,(H,30,36). The molecular formula is C29H33N5O2. The minimum atomic E-state index is -0.423. The number of nitrogens with one attached hydrogen (secondary N) is 1. The third-order valence-corrected chi connectivity index (χ3v) is 6.23. The Morgan fingerprint density at radius 3 is 2.28 bits per heavy atom. The number of aromatic nitrogens is 2. The lowest BCUT2D eigenvalue weighted by molar-refractivity contribution is 0.173.